The minimum absolute atomic E-state index is 0.166. The van der Waals surface area contributed by atoms with Crippen LogP contribution in [0.5, 0.6) is 0 Å². The van der Waals surface area contributed by atoms with E-state index in [0.717, 1.165) is 19.5 Å². The van der Waals surface area contributed by atoms with Crippen molar-refractivity contribution in [3.05, 3.63) is 0 Å². The van der Waals surface area contributed by atoms with Crippen LogP contribution in [0.25, 0.3) is 0 Å². The maximum Gasteiger partial charge on any atom is 0.158 e. The van der Waals surface area contributed by atoms with Gasteiger partial charge in [-0.05, 0) is 11.8 Å². The lowest BCUT2D eigenvalue weighted by Crippen LogP contribution is -2.46. The molecule has 0 aliphatic heterocycles. The molecule has 0 radical (unpaired) electrons. The summed E-state index contributed by atoms with van der Waals surface area (Å²) in [6.45, 7) is 11.7. The SMILES string of the molecule is COC(CC(CN)N(CC(C)C)CC(C)C)OC. The summed E-state index contributed by atoms with van der Waals surface area (Å²) in [6.07, 6.45) is 0.656. The molecule has 0 saturated carbocycles. The first-order valence-corrected chi connectivity index (χ1v) is 6.94. The average Bonchev–Trinajstić information content (AvgIpc) is 2.28. The van der Waals surface area contributed by atoms with Crippen LogP contribution in [0.3, 0.4) is 0 Å². The van der Waals surface area contributed by atoms with Gasteiger partial charge in [0.05, 0.1) is 0 Å². The molecular weight excluding hydrogens is 228 g/mol. The zero-order valence-electron chi connectivity index (χ0n) is 13.0. The Labute approximate surface area is 113 Å². The maximum absolute atomic E-state index is 5.93. The van der Waals surface area contributed by atoms with Crippen LogP contribution in [0.1, 0.15) is 34.1 Å². The van der Waals surface area contributed by atoms with Gasteiger partial charge in [-0.2, -0.15) is 0 Å². The zero-order chi connectivity index (χ0) is 14.1. The van der Waals surface area contributed by atoms with Gasteiger partial charge in [-0.15, -0.1) is 0 Å². The van der Waals surface area contributed by atoms with Crippen molar-refractivity contribution in [3.63, 3.8) is 0 Å². The van der Waals surface area contributed by atoms with Crippen molar-refractivity contribution in [2.24, 2.45) is 17.6 Å². The van der Waals surface area contributed by atoms with Crippen LogP contribution < -0.4 is 5.73 Å². The van der Waals surface area contributed by atoms with Crippen molar-refractivity contribution in [1.29, 1.82) is 0 Å². The van der Waals surface area contributed by atoms with Crippen molar-refractivity contribution in [2.75, 3.05) is 33.9 Å². The van der Waals surface area contributed by atoms with Crippen molar-refractivity contribution in [1.82, 2.24) is 4.90 Å². The predicted molar refractivity (Wildman–Crippen MR) is 76.5 cm³/mol. The van der Waals surface area contributed by atoms with Crippen molar-refractivity contribution in [2.45, 2.75) is 46.4 Å². The molecule has 0 bridgehead atoms. The van der Waals surface area contributed by atoms with E-state index in [1.165, 1.54) is 0 Å². The minimum Gasteiger partial charge on any atom is -0.356 e. The minimum atomic E-state index is -0.166. The molecule has 0 fully saturated rings. The second-order valence-corrected chi connectivity index (χ2v) is 5.77. The molecule has 0 saturated heterocycles. The lowest BCUT2D eigenvalue weighted by Gasteiger charge is -2.35. The van der Waals surface area contributed by atoms with Gasteiger partial charge in [0, 0.05) is 46.3 Å². The highest BCUT2D eigenvalue weighted by Crippen LogP contribution is 2.14. The van der Waals surface area contributed by atoms with Gasteiger partial charge < -0.3 is 15.2 Å². The summed E-state index contributed by atoms with van der Waals surface area (Å²) in [4.78, 5) is 2.47. The normalized spacial score (nSPS) is 14.2. The molecule has 1 atom stereocenters. The molecular formula is C14H32N2O2. The molecule has 4 nitrogen and oxygen atoms in total. The van der Waals surface area contributed by atoms with Crippen LogP contribution in [0.4, 0.5) is 0 Å². The summed E-state index contributed by atoms with van der Waals surface area (Å²) in [7, 11) is 3.36. The van der Waals surface area contributed by atoms with Crippen LogP contribution in [0, 0.1) is 11.8 Å². The predicted octanol–water partition coefficient (Wildman–Crippen LogP) is 1.94. The average molecular weight is 260 g/mol. The van der Waals surface area contributed by atoms with Gasteiger partial charge >= 0.3 is 0 Å². The number of methoxy groups -OCH3 is 2. The zero-order valence-corrected chi connectivity index (χ0v) is 13.0. The number of ether oxygens (including phenoxy) is 2. The molecule has 0 aromatic carbocycles. The Balaban J connectivity index is 4.57. The summed E-state index contributed by atoms with van der Waals surface area (Å²) in [5, 5.41) is 0. The highest BCUT2D eigenvalue weighted by atomic mass is 16.7. The molecule has 0 heterocycles. The third-order valence-electron chi connectivity index (χ3n) is 2.98. The van der Waals surface area contributed by atoms with E-state index in [-0.39, 0.29) is 6.29 Å². The first-order chi connectivity index (χ1) is 8.44. The van der Waals surface area contributed by atoms with E-state index in [2.05, 4.69) is 32.6 Å². The van der Waals surface area contributed by atoms with E-state index in [9.17, 15) is 0 Å². The van der Waals surface area contributed by atoms with E-state index in [4.69, 9.17) is 15.2 Å². The van der Waals surface area contributed by atoms with E-state index >= 15 is 0 Å². The molecule has 110 valence electrons. The molecule has 0 spiro atoms. The lowest BCUT2D eigenvalue weighted by molar-refractivity contribution is -0.117. The first kappa shape index (κ1) is 17.8. The van der Waals surface area contributed by atoms with Crippen LogP contribution in [-0.4, -0.2) is 51.1 Å². The number of rotatable bonds is 10. The van der Waals surface area contributed by atoms with E-state index < -0.39 is 0 Å². The van der Waals surface area contributed by atoms with Crippen LogP contribution >= 0.6 is 0 Å². The quantitative estimate of drug-likeness (QED) is 0.610. The van der Waals surface area contributed by atoms with Crippen LogP contribution in [-0.2, 0) is 9.47 Å². The Hall–Kier alpha value is -0.160. The highest BCUT2D eigenvalue weighted by Gasteiger charge is 2.22. The summed E-state index contributed by atoms with van der Waals surface area (Å²) < 4.78 is 10.6. The van der Waals surface area contributed by atoms with Gasteiger partial charge in [-0.1, -0.05) is 27.7 Å². The number of nitrogens with zero attached hydrogens (tertiary/aromatic N) is 1. The molecule has 0 aromatic rings. The highest BCUT2D eigenvalue weighted by molar-refractivity contribution is 4.76. The lowest BCUT2D eigenvalue weighted by atomic mass is 10.1. The fourth-order valence-electron chi connectivity index (χ4n) is 2.22. The third-order valence-corrected chi connectivity index (χ3v) is 2.98. The van der Waals surface area contributed by atoms with Gasteiger partial charge in [0.1, 0.15) is 0 Å². The monoisotopic (exact) mass is 260 g/mol. The maximum atomic E-state index is 5.93. The van der Waals surface area contributed by atoms with Gasteiger partial charge in [0.25, 0.3) is 0 Å². The van der Waals surface area contributed by atoms with Gasteiger partial charge in [0.2, 0.25) is 0 Å². The Morgan fingerprint density at radius 3 is 1.67 bits per heavy atom. The standard InChI is InChI=1S/C14H32N2O2/c1-11(2)9-16(10-12(3)4)13(8-15)7-14(17-5)18-6/h11-14H,7-10,15H2,1-6H3. The molecule has 2 N–H and O–H groups in total. The smallest absolute Gasteiger partial charge is 0.158 e. The Kier molecular flexibility index (Phi) is 9.64. The summed E-state index contributed by atoms with van der Waals surface area (Å²) >= 11 is 0. The number of hydrogen-bond donors (Lipinski definition) is 1. The Morgan fingerprint density at radius 1 is 0.944 bits per heavy atom. The topological polar surface area (TPSA) is 47.7 Å². The van der Waals surface area contributed by atoms with E-state index in [0.29, 0.717) is 24.4 Å². The molecule has 0 rings (SSSR count). The summed E-state index contributed by atoms with van der Waals surface area (Å²) in [6, 6.07) is 0.319. The number of nitrogens with two attached hydrogens (primary N) is 1. The Bertz CT molecular complexity index is 184. The van der Waals surface area contributed by atoms with Crippen molar-refractivity contribution < 1.29 is 9.47 Å². The fourth-order valence-corrected chi connectivity index (χ4v) is 2.22. The second kappa shape index (κ2) is 9.73. The Morgan fingerprint density at radius 2 is 1.39 bits per heavy atom. The first-order valence-electron chi connectivity index (χ1n) is 6.94. The summed E-state index contributed by atoms with van der Waals surface area (Å²) in [5.41, 5.74) is 5.93. The van der Waals surface area contributed by atoms with Gasteiger partial charge in [-0.25, -0.2) is 0 Å². The van der Waals surface area contributed by atoms with E-state index in [1.54, 1.807) is 14.2 Å². The van der Waals surface area contributed by atoms with Crippen LogP contribution in [0.15, 0.2) is 0 Å². The molecule has 0 aliphatic rings. The van der Waals surface area contributed by atoms with Crippen molar-refractivity contribution in [3.8, 4) is 0 Å². The third kappa shape index (κ3) is 7.31. The number of hydrogen-bond acceptors (Lipinski definition) is 4. The molecule has 0 aromatic heterocycles. The molecule has 0 aliphatic carbocycles. The second-order valence-electron chi connectivity index (χ2n) is 5.77. The van der Waals surface area contributed by atoms with Gasteiger partial charge in [0.15, 0.2) is 6.29 Å². The largest absolute Gasteiger partial charge is 0.356 e. The fraction of sp³-hybridized carbons (Fsp3) is 1.00. The van der Waals surface area contributed by atoms with Crippen LogP contribution in [0.2, 0.25) is 0 Å². The molecule has 0 amide bonds. The molecule has 1 unspecified atom stereocenters. The van der Waals surface area contributed by atoms with E-state index in [1.807, 2.05) is 0 Å². The van der Waals surface area contributed by atoms with Crippen molar-refractivity contribution >= 4 is 0 Å². The van der Waals surface area contributed by atoms with Gasteiger partial charge in [-0.3, -0.25) is 4.90 Å². The molecule has 4 heteroatoms. The molecule has 18 heavy (non-hydrogen) atoms. The summed E-state index contributed by atoms with van der Waals surface area (Å²) in [5.74, 6) is 1.28.